The summed E-state index contributed by atoms with van der Waals surface area (Å²) in [4.78, 5) is 28.7. The molecule has 0 saturated carbocycles. The lowest BCUT2D eigenvalue weighted by atomic mass is 10.0. The number of carbonyl (C=O) groups excluding carboxylic acids is 2. The smallest absolute Gasteiger partial charge is 0.243 e. The second-order valence-corrected chi connectivity index (χ2v) is 9.83. The molecule has 190 valence electrons. The monoisotopic (exact) mass is 504 g/mol. The minimum atomic E-state index is -0.589. The molecule has 0 radical (unpaired) electrons. The summed E-state index contributed by atoms with van der Waals surface area (Å²) in [5.41, 5.74) is 4.32. The minimum absolute atomic E-state index is 0.0401. The molecule has 0 aliphatic heterocycles. The number of thioether (sulfide) groups is 1. The van der Waals surface area contributed by atoms with Gasteiger partial charge in [0.05, 0.1) is 12.9 Å². The number of nitrogens with one attached hydrogen (secondary N) is 1. The maximum Gasteiger partial charge on any atom is 0.243 e. The Morgan fingerprint density at radius 1 is 0.917 bits per heavy atom. The van der Waals surface area contributed by atoms with E-state index in [1.807, 2.05) is 92.7 Å². The highest BCUT2D eigenvalue weighted by Gasteiger charge is 2.30. The highest BCUT2D eigenvalue weighted by molar-refractivity contribution is 7.99. The third-order valence-electron chi connectivity index (χ3n) is 5.95. The Balaban J connectivity index is 1.80. The number of ether oxygens (including phenoxy) is 1. The Kier molecular flexibility index (Phi) is 10.9. The summed E-state index contributed by atoms with van der Waals surface area (Å²) in [7, 11) is 1.65. The van der Waals surface area contributed by atoms with Crippen molar-refractivity contribution in [3.8, 4) is 5.75 Å². The zero-order chi connectivity index (χ0) is 25.8. The summed E-state index contributed by atoms with van der Waals surface area (Å²) in [6, 6.07) is 25.3. The zero-order valence-corrected chi connectivity index (χ0v) is 22.2. The molecular weight excluding hydrogens is 468 g/mol. The SMILES string of the molecule is CCCNC(=O)C(Cc1ccccc1)N(Cc1ccc(C)cc1)C(=O)CSCc1ccc(OC)cc1. The van der Waals surface area contributed by atoms with Crippen LogP contribution in [0.4, 0.5) is 0 Å². The summed E-state index contributed by atoms with van der Waals surface area (Å²) in [6.07, 6.45) is 1.31. The van der Waals surface area contributed by atoms with E-state index in [1.54, 1.807) is 23.8 Å². The van der Waals surface area contributed by atoms with E-state index in [4.69, 9.17) is 4.74 Å². The van der Waals surface area contributed by atoms with Crippen molar-refractivity contribution in [1.82, 2.24) is 10.2 Å². The first kappa shape index (κ1) is 27.3. The van der Waals surface area contributed by atoms with E-state index in [0.717, 1.165) is 34.4 Å². The van der Waals surface area contributed by atoms with Crippen molar-refractivity contribution in [2.24, 2.45) is 0 Å². The Morgan fingerprint density at radius 3 is 2.22 bits per heavy atom. The number of rotatable bonds is 13. The lowest BCUT2D eigenvalue weighted by molar-refractivity contribution is -0.139. The normalized spacial score (nSPS) is 11.5. The van der Waals surface area contributed by atoms with Crippen LogP contribution in [0.2, 0.25) is 0 Å². The van der Waals surface area contributed by atoms with Crippen molar-refractivity contribution in [1.29, 1.82) is 0 Å². The molecule has 0 aliphatic rings. The molecule has 0 saturated heterocycles. The van der Waals surface area contributed by atoms with Crippen LogP contribution < -0.4 is 10.1 Å². The molecule has 6 heteroatoms. The number of hydrogen-bond acceptors (Lipinski definition) is 4. The van der Waals surface area contributed by atoms with E-state index in [1.165, 1.54) is 0 Å². The standard InChI is InChI=1S/C30H36N2O3S/c1-4-18-31-30(34)28(19-24-8-6-5-7-9-24)32(20-25-12-10-23(2)11-13-25)29(33)22-36-21-26-14-16-27(35-3)17-15-26/h5-17,28H,4,18-22H2,1-3H3,(H,31,34). The maximum absolute atomic E-state index is 13.6. The van der Waals surface area contributed by atoms with Crippen LogP contribution in [-0.2, 0) is 28.3 Å². The second kappa shape index (κ2) is 14.3. The van der Waals surface area contributed by atoms with Crippen LogP contribution in [0.15, 0.2) is 78.9 Å². The molecule has 1 unspecified atom stereocenters. The number of benzene rings is 3. The third kappa shape index (κ3) is 8.45. The summed E-state index contributed by atoms with van der Waals surface area (Å²) >= 11 is 1.56. The van der Waals surface area contributed by atoms with Crippen molar-refractivity contribution in [2.45, 2.75) is 45.0 Å². The van der Waals surface area contributed by atoms with Gasteiger partial charge < -0.3 is 15.0 Å². The van der Waals surface area contributed by atoms with E-state index >= 15 is 0 Å². The van der Waals surface area contributed by atoms with Crippen molar-refractivity contribution >= 4 is 23.6 Å². The molecule has 0 heterocycles. The van der Waals surface area contributed by atoms with E-state index in [2.05, 4.69) is 5.32 Å². The number of nitrogens with zero attached hydrogens (tertiary/aromatic N) is 1. The fraction of sp³-hybridized carbons (Fsp3) is 0.333. The number of carbonyl (C=O) groups is 2. The van der Waals surface area contributed by atoms with Crippen LogP contribution in [0, 0.1) is 6.92 Å². The van der Waals surface area contributed by atoms with E-state index in [-0.39, 0.29) is 11.8 Å². The summed E-state index contributed by atoms with van der Waals surface area (Å²) in [6.45, 7) is 5.04. The molecule has 5 nitrogen and oxygen atoms in total. The van der Waals surface area contributed by atoms with E-state index < -0.39 is 6.04 Å². The van der Waals surface area contributed by atoms with Crippen molar-refractivity contribution < 1.29 is 14.3 Å². The first-order chi connectivity index (χ1) is 17.5. The number of aryl methyl sites for hydroxylation is 1. The minimum Gasteiger partial charge on any atom is -0.497 e. The van der Waals surface area contributed by atoms with Crippen molar-refractivity contribution in [2.75, 3.05) is 19.4 Å². The molecule has 3 rings (SSSR count). The van der Waals surface area contributed by atoms with Gasteiger partial charge in [-0.1, -0.05) is 79.2 Å². The lowest BCUT2D eigenvalue weighted by Gasteiger charge is -2.31. The van der Waals surface area contributed by atoms with Gasteiger partial charge in [-0.05, 0) is 42.2 Å². The quantitative estimate of drug-likeness (QED) is 0.338. The van der Waals surface area contributed by atoms with Crippen molar-refractivity contribution in [3.05, 3.63) is 101 Å². The van der Waals surface area contributed by atoms with Crippen LogP contribution in [0.3, 0.4) is 0 Å². The van der Waals surface area contributed by atoms with Gasteiger partial charge in [-0.2, -0.15) is 0 Å². The lowest BCUT2D eigenvalue weighted by Crippen LogP contribution is -2.51. The number of hydrogen-bond donors (Lipinski definition) is 1. The molecular formula is C30H36N2O3S. The summed E-state index contributed by atoms with van der Waals surface area (Å²) in [5.74, 6) is 1.66. The Bertz CT molecular complexity index is 1090. The molecule has 3 aromatic rings. The van der Waals surface area contributed by atoms with Gasteiger partial charge in [-0.3, -0.25) is 9.59 Å². The first-order valence-electron chi connectivity index (χ1n) is 12.4. The van der Waals surface area contributed by atoms with Gasteiger partial charge in [-0.25, -0.2) is 0 Å². The molecule has 0 bridgehead atoms. The Hall–Kier alpha value is -3.25. The van der Waals surface area contributed by atoms with Gasteiger partial charge in [0.25, 0.3) is 0 Å². The number of methoxy groups -OCH3 is 1. The summed E-state index contributed by atoms with van der Waals surface area (Å²) < 4.78 is 5.23. The van der Waals surface area contributed by atoms with Crippen LogP contribution >= 0.6 is 11.8 Å². The highest BCUT2D eigenvalue weighted by atomic mass is 32.2. The maximum atomic E-state index is 13.6. The van der Waals surface area contributed by atoms with E-state index in [0.29, 0.717) is 31.0 Å². The van der Waals surface area contributed by atoms with Gasteiger partial charge in [0, 0.05) is 25.3 Å². The molecule has 0 aromatic heterocycles. The predicted molar refractivity (Wildman–Crippen MR) is 148 cm³/mol. The fourth-order valence-corrected chi connectivity index (χ4v) is 4.74. The van der Waals surface area contributed by atoms with Gasteiger partial charge in [-0.15, -0.1) is 11.8 Å². The molecule has 2 amide bonds. The molecule has 1 atom stereocenters. The van der Waals surface area contributed by atoms with Crippen LogP contribution in [0.5, 0.6) is 5.75 Å². The largest absolute Gasteiger partial charge is 0.497 e. The number of amides is 2. The molecule has 0 fully saturated rings. The molecule has 0 spiro atoms. The van der Waals surface area contributed by atoms with Gasteiger partial charge in [0.2, 0.25) is 11.8 Å². The molecule has 3 aromatic carbocycles. The highest BCUT2D eigenvalue weighted by Crippen LogP contribution is 2.20. The van der Waals surface area contributed by atoms with Crippen LogP contribution in [0.1, 0.15) is 35.6 Å². The summed E-state index contributed by atoms with van der Waals surface area (Å²) in [5, 5.41) is 3.02. The van der Waals surface area contributed by atoms with E-state index in [9.17, 15) is 9.59 Å². The Labute approximate surface area is 219 Å². The average molecular weight is 505 g/mol. The van der Waals surface area contributed by atoms with Gasteiger partial charge in [0.15, 0.2) is 0 Å². The van der Waals surface area contributed by atoms with Gasteiger partial charge >= 0.3 is 0 Å². The molecule has 1 N–H and O–H groups in total. The zero-order valence-electron chi connectivity index (χ0n) is 21.4. The molecule has 0 aliphatic carbocycles. The second-order valence-electron chi connectivity index (χ2n) is 8.84. The third-order valence-corrected chi connectivity index (χ3v) is 6.94. The van der Waals surface area contributed by atoms with Gasteiger partial charge in [0.1, 0.15) is 11.8 Å². The average Bonchev–Trinajstić information content (AvgIpc) is 2.91. The Morgan fingerprint density at radius 2 is 1.58 bits per heavy atom. The predicted octanol–water partition coefficient (Wildman–Crippen LogP) is 5.40. The van der Waals surface area contributed by atoms with Crippen LogP contribution in [-0.4, -0.2) is 42.2 Å². The first-order valence-corrected chi connectivity index (χ1v) is 13.5. The molecule has 36 heavy (non-hydrogen) atoms. The fourth-order valence-electron chi connectivity index (χ4n) is 3.87. The van der Waals surface area contributed by atoms with Crippen LogP contribution in [0.25, 0.3) is 0 Å². The topological polar surface area (TPSA) is 58.6 Å². The van der Waals surface area contributed by atoms with Crippen molar-refractivity contribution in [3.63, 3.8) is 0 Å².